The molecule has 0 radical (unpaired) electrons. The van der Waals surface area contributed by atoms with Crippen molar-refractivity contribution >= 4 is 11.6 Å². The molecule has 2 heterocycles. The lowest BCUT2D eigenvalue weighted by atomic mass is 9.73. The van der Waals surface area contributed by atoms with Crippen molar-refractivity contribution in [2.45, 2.75) is 37.6 Å². The highest BCUT2D eigenvalue weighted by Gasteiger charge is 2.47. The maximum Gasteiger partial charge on any atom is 0.238 e. The fraction of sp³-hybridized carbons (Fsp3) is 0.381. The molecule has 0 spiro atoms. The minimum absolute atomic E-state index is 0.207. The first-order valence-corrected chi connectivity index (χ1v) is 8.77. The lowest BCUT2D eigenvalue weighted by Crippen LogP contribution is -2.51. The van der Waals surface area contributed by atoms with E-state index in [4.69, 9.17) is 4.74 Å². The lowest BCUT2D eigenvalue weighted by molar-refractivity contribution is -0.128. The van der Waals surface area contributed by atoms with Crippen molar-refractivity contribution in [2.75, 3.05) is 18.1 Å². The Morgan fingerprint density at radius 1 is 1.04 bits per heavy atom. The third-order valence-electron chi connectivity index (χ3n) is 5.51. The Bertz CT molecular complexity index is 735. The molecular weight excluding hydrogens is 298 g/mol. The highest BCUT2D eigenvalue weighted by Crippen LogP contribution is 2.41. The van der Waals surface area contributed by atoms with Crippen LogP contribution in [0.3, 0.4) is 0 Å². The topological polar surface area (TPSA) is 29.5 Å². The quantitative estimate of drug-likeness (QED) is 0.844. The normalized spacial score (nSPS) is 22.2. The van der Waals surface area contributed by atoms with Crippen molar-refractivity contribution in [3.05, 3.63) is 65.7 Å². The Hall–Kier alpha value is -2.13. The second-order valence-electron chi connectivity index (χ2n) is 6.92. The Balaban J connectivity index is 1.78. The van der Waals surface area contributed by atoms with Crippen LogP contribution in [-0.2, 0) is 21.4 Å². The van der Waals surface area contributed by atoms with Gasteiger partial charge in [0.15, 0.2) is 0 Å². The molecule has 2 aliphatic rings. The molecule has 4 rings (SSSR count). The molecular formula is C21H23NO2. The maximum atomic E-state index is 13.8. The Morgan fingerprint density at radius 2 is 1.71 bits per heavy atom. The van der Waals surface area contributed by atoms with E-state index in [0.717, 1.165) is 30.5 Å². The highest BCUT2D eigenvalue weighted by molar-refractivity contribution is 6.03. The molecule has 1 amide bonds. The van der Waals surface area contributed by atoms with E-state index in [1.54, 1.807) is 0 Å². The minimum Gasteiger partial charge on any atom is -0.381 e. The molecule has 0 bridgehead atoms. The number of hydrogen-bond donors (Lipinski definition) is 0. The van der Waals surface area contributed by atoms with E-state index < -0.39 is 5.41 Å². The first kappa shape index (κ1) is 15.4. The zero-order chi connectivity index (χ0) is 16.6. The van der Waals surface area contributed by atoms with Gasteiger partial charge in [0.25, 0.3) is 0 Å². The van der Waals surface area contributed by atoms with Crippen LogP contribution in [0.2, 0.25) is 0 Å². The van der Waals surface area contributed by atoms with Crippen LogP contribution in [0.5, 0.6) is 0 Å². The first-order valence-electron chi connectivity index (χ1n) is 8.77. The fourth-order valence-electron chi connectivity index (χ4n) is 4.21. The summed E-state index contributed by atoms with van der Waals surface area (Å²) in [5.41, 5.74) is 3.01. The minimum atomic E-state index is -0.467. The Morgan fingerprint density at radius 3 is 2.46 bits per heavy atom. The Labute approximate surface area is 143 Å². The second kappa shape index (κ2) is 6.06. The van der Waals surface area contributed by atoms with Gasteiger partial charge in [0.1, 0.15) is 0 Å². The van der Waals surface area contributed by atoms with Crippen molar-refractivity contribution in [1.29, 1.82) is 0 Å². The number of amides is 1. The number of anilines is 1. The molecule has 0 saturated carbocycles. The third-order valence-corrected chi connectivity index (χ3v) is 5.51. The van der Waals surface area contributed by atoms with Gasteiger partial charge in [0, 0.05) is 24.9 Å². The molecule has 2 aromatic rings. The van der Waals surface area contributed by atoms with Gasteiger partial charge in [0.05, 0.1) is 5.41 Å². The van der Waals surface area contributed by atoms with E-state index in [1.807, 2.05) is 29.2 Å². The van der Waals surface area contributed by atoms with E-state index in [2.05, 4.69) is 37.3 Å². The summed E-state index contributed by atoms with van der Waals surface area (Å²) in [4.78, 5) is 15.8. The van der Waals surface area contributed by atoms with Crippen molar-refractivity contribution in [3.8, 4) is 0 Å². The molecule has 0 aromatic heterocycles. The van der Waals surface area contributed by atoms with Gasteiger partial charge in [-0.15, -0.1) is 0 Å². The summed E-state index contributed by atoms with van der Waals surface area (Å²) in [6, 6.07) is 18.8. The first-order chi connectivity index (χ1) is 11.7. The zero-order valence-corrected chi connectivity index (χ0v) is 14.1. The summed E-state index contributed by atoms with van der Waals surface area (Å²) >= 11 is 0. The van der Waals surface area contributed by atoms with Gasteiger partial charge in [-0.1, -0.05) is 48.5 Å². The number of carbonyl (C=O) groups is 1. The summed E-state index contributed by atoms with van der Waals surface area (Å²) < 4.78 is 5.58. The average molecular weight is 321 g/mol. The van der Waals surface area contributed by atoms with Crippen LogP contribution in [0.25, 0.3) is 0 Å². The van der Waals surface area contributed by atoms with Crippen LogP contribution in [0.1, 0.15) is 30.9 Å². The number of carbonyl (C=O) groups excluding carboxylic acids is 1. The van der Waals surface area contributed by atoms with Crippen LogP contribution in [0.15, 0.2) is 54.6 Å². The summed E-state index contributed by atoms with van der Waals surface area (Å²) in [6.07, 6.45) is 2.44. The molecule has 3 heteroatoms. The summed E-state index contributed by atoms with van der Waals surface area (Å²) in [5, 5.41) is 0. The largest absolute Gasteiger partial charge is 0.381 e. The molecule has 2 aromatic carbocycles. The molecule has 3 nitrogen and oxygen atoms in total. The second-order valence-corrected chi connectivity index (χ2v) is 6.92. The van der Waals surface area contributed by atoms with E-state index in [9.17, 15) is 4.79 Å². The molecule has 124 valence electrons. The summed E-state index contributed by atoms with van der Waals surface area (Å²) in [7, 11) is 0. The lowest BCUT2D eigenvalue weighted by Gasteiger charge is -2.40. The van der Waals surface area contributed by atoms with Gasteiger partial charge in [-0.05, 0) is 43.4 Å². The smallest absolute Gasteiger partial charge is 0.238 e. The number of nitrogens with zero attached hydrogens (tertiary/aromatic N) is 1. The number of ether oxygens (including phenoxy) is 1. The van der Waals surface area contributed by atoms with Gasteiger partial charge in [-0.2, -0.15) is 0 Å². The predicted molar refractivity (Wildman–Crippen MR) is 95.3 cm³/mol. The number of rotatable bonds is 2. The van der Waals surface area contributed by atoms with E-state index in [-0.39, 0.29) is 11.9 Å². The fourth-order valence-corrected chi connectivity index (χ4v) is 4.21. The number of benzene rings is 2. The SMILES string of the molecule is CC1Cc2ccccc2N1C(=O)C1(c2ccccc2)CCOCC1. The Kier molecular flexibility index (Phi) is 3.89. The van der Waals surface area contributed by atoms with Crippen molar-refractivity contribution in [2.24, 2.45) is 0 Å². The van der Waals surface area contributed by atoms with Crippen LogP contribution >= 0.6 is 0 Å². The molecule has 1 saturated heterocycles. The van der Waals surface area contributed by atoms with E-state index in [0.29, 0.717) is 13.2 Å². The molecule has 1 unspecified atom stereocenters. The van der Waals surface area contributed by atoms with Crippen LogP contribution in [0, 0.1) is 0 Å². The van der Waals surface area contributed by atoms with Gasteiger partial charge in [0.2, 0.25) is 5.91 Å². The zero-order valence-electron chi connectivity index (χ0n) is 14.1. The molecule has 0 aliphatic carbocycles. The predicted octanol–water partition coefficient (Wildman–Crippen LogP) is 3.71. The van der Waals surface area contributed by atoms with Crippen LogP contribution in [0.4, 0.5) is 5.69 Å². The van der Waals surface area contributed by atoms with Gasteiger partial charge in [-0.25, -0.2) is 0 Å². The van der Waals surface area contributed by atoms with E-state index in [1.165, 1.54) is 5.56 Å². The van der Waals surface area contributed by atoms with Crippen LogP contribution in [-0.4, -0.2) is 25.2 Å². The van der Waals surface area contributed by atoms with Gasteiger partial charge >= 0.3 is 0 Å². The van der Waals surface area contributed by atoms with Crippen LogP contribution < -0.4 is 4.90 Å². The molecule has 2 aliphatic heterocycles. The monoisotopic (exact) mass is 321 g/mol. The average Bonchev–Trinajstić information content (AvgIpc) is 2.98. The molecule has 1 fully saturated rings. The van der Waals surface area contributed by atoms with Gasteiger partial charge < -0.3 is 9.64 Å². The summed E-state index contributed by atoms with van der Waals surface area (Å²) in [6.45, 7) is 3.44. The molecule has 24 heavy (non-hydrogen) atoms. The van der Waals surface area contributed by atoms with Crippen molar-refractivity contribution in [1.82, 2.24) is 0 Å². The standard InChI is InChI=1S/C21H23NO2/c1-16-15-17-7-5-6-10-19(17)22(16)20(23)21(11-13-24-14-12-21)18-8-3-2-4-9-18/h2-10,16H,11-15H2,1H3. The summed E-state index contributed by atoms with van der Waals surface area (Å²) in [5.74, 6) is 0.231. The van der Waals surface area contributed by atoms with Crippen molar-refractivity contribution < 1.29 is 9.53 Å². The number of para-hydroxylation sites is 1. The third kappa shape index (κ3) is 2.35. The molecule has 1 atom stereocenters. The number of hydrogen-bond acceptors (Lipinski definition) is 2. The van der Waals surface area contributed by atoms with Gasteiger partial charge in [-0.3, -0.25) is 4.79 Å². The molecule has 0 N–H and O–H groups in total. The maximum absolute atomic E-state index is 13.8. The van der Waals surface area contributed by atoms with E-state index >= 15 is 0 Å². The van der Waals surface area contributed by atoms with Crippen molar-refractivity contribution in [3.63, 3.8) is 0 Å². The number of fused-ring (bicyclic) bond motifs is 1. The highest BCUT2D eigenvalue weighted by atomic mass is 16.5.